The number of phenolic OH excluding ortho intramolecular Hbond substituents is 1. The molecule has 0 amide bonds. The number of rotatable bonds is 8. The van der Waals surface area contributed by atoms with Gasteiger partial charge in [0, 0.05) is 0 Å². The smallest absolute Gasteiger partial charge is 0.116 e. The van der Waals surface area contributed by atoms with Gasteiger partial charge in [-0.2, -0.15) is 11.8 Å². The molecular formula is C22H38OS. The quantitative estimate of drug-likeness (QED) is 0.518. The molecule has 0 aliphatic carbocycles. The minimum absolute atomic E-state index is 0.0595. The van der Waals surface area contributed by atoms with Gasteiger partial charge in [0.05, 0.1) is 0 Å². The lowest BCUT2D eigenvalue weighted by atomic mass is 9.75. The number of thioether (sulfide) groups is 1. The Morgan fingerprint density at radius 1 is 0.833 bits per heavy atom. The molecule has 0 unspecified atom stereocenters. The highest BCUT2D eigenvalue weighted by molar-refractivity contribution is 7.99. The van der Waals surface area contributed by atoms with Crippen molar-refractivity contribution in [2.75, 3.05) is 11.5 Å². The van der Waals surface area contributed by atoms with E-state index < -0.39 is 0 Å². The maximum absolute atomic E-state index is 10.2. The van der Waals surface area contributed by atoms with Gasteiger partial charge in [-0.1, -0.05) is 54.9 Å². The van der Waals surface area contributed by atoms with Crippen LogP contribution in [0.15, 0.2) is 12.1 Å². The third-order valence-corrected chi connectivity index (χ3v) is 5.61. The topological polar surface area (TPSA) is 20.2 Å². The fourth-order valence-electron chi connectivity index (χ4n) is 3.12. The van der Waals surface area contributed by atoms with E-state index in [2.05, 4.69) is 60.2 Å². The molecule has 0 aromatic heterocycles. The first-order valence-corrected chi connectivity index (χ1v) is 10.7. The average molecular weight is 351 g/mol. The van der Waals surface area contributed by atoms with Crippen LogP contribution in [-0.4, -0.2) is 16.6 Å². The molecular weight excluding hydrogens is 312 g/mol. The van der Waals surface area contributed by atoms with Crippen LogP contribution in [0.4, 0.5) is 0 Å². The molecule has 0 saturated carbocycles. The first kappa shape index (κ1) is 21.4. The van der Waals surface area contributed by atoms with Crippen LogP contribution in [-0.2, 0) is 17.3 Å². The van der Waals surface area contributed by atoms with Crippen molar-refractivity contribution < 1.29 is 5.11 Å². The van der Waals surface area contributed by atoms with Crippen LogP contribution in [0.2, 0.25) is 0 Å². The Bertz CT molecular complexity index is 471. The predicted molar refractivity (Wildman–Crippen MR) is 111 cm³/mol. The van der Waals surface area contributed by atoms with Gasteiger partial charge in [0.15, 0.2) is 0 Å². The second-order valence-electron chi connectivity index (χ2n) is 8.94. The van der Waals surface area contributed by atoms with Gasteiger partial charge in [-0.3, -0.25) is 0 Å². The molecule has 0 aliphatic heterocycles. The van der Waals surface area contributed by atoms with Crippen LogP contribution in [0.1, 0.15) is 90.8 Å². The van der Waals surface area contributed by atoms with Crippen LogP contribution in [0.5, 0.6) is 5.75 Å². The summed E-state index contributed by atoms with van der Waals surface area (Å²) in [6.45, 7) is 15.7. The number of aromatic hydroxyl groups is 1. The highest BCUT2D eigenvalue weighted by Gasteiger charge is 2.26. The zero-order valence-electron chi connectivity index (χ0n) is 17.0. The number of unbranched alkanes of at least 4 members (excludes halogenated alkanes) is 2. The van der Waals surface area contributed by atoms with E-state index in [1.54, 1.807) is 0 Å². The highest BCUT2D eigenvalue weighted by atomic mass is 32.2. The summed E-state index contributed by atoms with van der Waals surface area (Å²) in [6, 6.07) is 3.97. The molecule has 24 heavy (non-hydrogen) atoms. The second-order valence-corrected chi connectivity index (χ2v) is 10.2. The van der Waals surface area contributed by atoms with Gasteiger partial charge < -0.3 is 5.11 Å². The number of hydrogen-bond donors (Lipinski definition) is 1. The van der Waals surface area contributed by atoms with Crippen molar-refractivity contribution in [3.8, 4) is 5.75 Å². The molecule has 2 heteroatoms. The SMILES string of the molecule is CCCCSCCCCc1c(C(C)(C)C)cc(O)cc1C(C)(C)C. The van der Waals surface area contributed by atoms with Crippen molar-refractivity contribution in [1.29, 1.82) is 0 Å². The van der Waals surface area contributed by atoms with Gasteiger partial charge >= 0.3 is 0 Å². The van der Waals surface area contributed by atoms with E-state index in [9.17, 15) is 5.11 Å². The van der Waals surface area contributed by atoms with Gasteiger partial charge in [-0.25, -0.2) is 0 Å². The molecule has 0 spiro atoms. The first-order valence-electron chi connectivity index (χ1n) is 9.52. The molecule has 1 aromatic carbocycles. The van der Waals surface area contributed by atoms with Gasteiger partial charge in [-0.15, -0.1) is 0 Å². The fourth-order valence-corrected chi connectivity index (χ4v) is 4.22. The van der Waals surface area contributed by atoms with Crippen molar-refractivity contribution in [2.45, 2.75) is 91.4 Å². The van der Waals surface area contributed by atoms with Gasteiger partial charge in [0.25, 0.3) is 0 Å². The monoisotopic (exact) mass is 350 g/mol. The van der Waals surface area contributed by atoms with Gasteiger partial charge in [0.2, 0.25) is 0 Å². The zero-order chi connectivity index (χ0) is 18.4. The van der Waals surface area contributed by atoms with Crippen molar-refractivity contribution >= 4 is 11.8 Å². The summed E-state index contributed by atoms with van der Waals surface area (Å²) in [4.78, 5) is 0. The fraction of sp³-hybridized carbons (Fsp3) is 0.727. The largest absolute Gasteiger partial charge is 0.508 e. The van der Waals surface area contributed by atoms with E-state index in [1.165, 1.54) is 53.9 Å². The summed E-state index contributed by atoms with van der Waals surface area (Å²) in [6.07, 6.45) is 6.27. The molecule has 1 aromatic rings. The van der Waals surface area contributed by atoms with Crippen LogP contribution >= 0.6 is 11.8 Å². The molecule has 0 aliphatic rings. The van der Waals surface area contributed by atoms with Crippen LogP contribution < -0.4 is 0 Å². The molecule has 0 atom stereocenters. The minimum atomic E-state index is 0.0595. The Balaban J connectivity index is 2.90. The number of hydrogen-bond acceptors (Lipinski definition) is 2. The Morgan fingerprint density at radius 3 is 1.79 bits per heavy atom. The van der Waals surface area contributed by atoms with E-state index in [0.29, 0.717) is 5.75 Å². The normalized spacial score (nSPS) is 12.6. The molecule has 0 saturated heterocycles. The van der Waals surface area contributed by atoms with Gasteiger partial charge in [0.1, 0.15) is 5.75 Å². The zero-order valence-corrected chi connectivity index (χ0v) is 17.8. The van der Waals surface area contributed by atoms with Crippen molar-refractivity contribution in [1.82, 2.24) is 0 Å². The lowest BCUT2D eigenvalue weighted by molar-refractivity contribution is 0.463. The second kappa shape index (κ2) is 9.17. The van der Waals surface area contributed by atoms with E-state index in [0.717, 1.165) is 6.42 Å². The Morgan fingerprint density at radius 2 is 1.33 bits per heavy atom. The summed E-state index contributed by atoms with van der Waals surface area (Å²) < 4.78 is 0. The predicted octanol–water partition coefficient (Wildman–Crippen LogP) is 6.84. The van der Waals surface area contributed by atoms with Crippen LogP contribution in [0.25, 0.3) is 0 Å². The molecule has 0 bridgehead atoms. The number of benzene rings is 1. The molecule has 0 radical (unpaired) electrons. The molecule has 0 heterocycles. The summed E-state index contributed by atoms with van der Waals surface area (Å²) in [5, 5.41) is 10.2. The summed E-state index contributed by atoms with van der Waals surface area (Å²) >= 11 is 2.09. The van der Waals surface area contributed by atoms with Crippen LogP contribution in [0.3, 0.4) is 0 Å². The van der Waals surface area contributed by atoms with E-state index >= 15 is 0 Å². The van der Waals surface area contributed by atoms with Crippen molar-refractivity contribution in [3.63, 3.8) is 0 Å². The maximum Gasteiger partial charge on any atom is 0.116 e. The van der Waals surface area contributed by atoms with Crippen molar-refractivity contribution in [3.05, 3.63) is 28.8 Å². The minimum Gasteiger partial charge on any atom is -0.508 e. The molecule has 1 rings (SSSR count). The van der Waals surface area contributed by atoms with Crippen molar-refractivity contribution in [2.24, 2.45) is 0 Å². The third-order valence-electron chi connectivity index (χ3n) is 4.46. The van der Waals surface area contributed by atoms with Crippen LogP contribution in [0, 0.1) is 0 Å². The standard InChI is InChI=1S/C22H38OS/c1-8-9-13-24-14-11-10-12-18-19(21(2,3)4)15-17(23)16-20(18)22(5,6)7/h15-16,23H,8-14H2,1-7H3. The summed E-state index contributed by atoms with van der Waals surface area (Å²) in [5.41, 5.74) is 4.21. The lowest BCUT2D eigenvalue weighted by Gasteiger charge is -2.30. The highest BCUT2D eigenvalue weighted by Crippen LogP contribution is 2.37. The maximum atomic E-state index is 10.2. The molecule has 1 N–H and O–H groups in total. The van der Waals surface area contributed by atoms with E-state index in [4.69, 9.17) is 0 Å². The summed E-state index contributed by atoms with van der Waals surface area (Å²) in [5.74, 6) is 2.98. The Hall–Kier alpha value is -0.630. The van der Waals surface area contributed by atoms with Gasteiger partial charge in [-0.05, 0) is 76.8 Å². The lowest BCUT2D eigenvalue weighted by Crippen LogP contribution is -2.21. The molecule has 1 nitrogen and oxygen atoms in total. The molecule has 138 valence electrons. The Labute approximate surface area is 154 Å². The third kappa shape index (κ3) is 6.70. The molecule has 0 fully saturated rings. The first-order chi connectivity index (χ1) is 11.1. The summed E-state index contributed by atoms with van der Waals surface area (Å²) in [7, 11) is 0. The Kier molecular flexibility index (Phi) is 8.19. The van der Waals surface area contributed by atoms with E-state index in [-0.39, 0.29) is 10.8 Å². The van der Waals surface area contributed by atoms with E-state index in [1.807, 2.05) is 12.1 Å². The number of phenols is 1. The average Bonchev–Trinajstić information content (AvgIpc) is 2.45.